The molecule has 1 aromatic heterocycles. The average Bonchev–Trinajstić information content (AvgIpc) is 2.40. The van der Waals surface area contributed by atoms with Crippen LogP contribution in [0.15, 0.2) is 18.5 Å². The fraction of sp³-hybridized carbons (Fsp3) is 0.571. The van der Waals surface area contributed by atoms with E-state index in [1.54, 1.807) is 12.4 Å². The van der Waals surface area contributed by atoms with Gasteiger partial charge in [0.1, 0.15) is 5.60 Å². The molecule has 1 aliphatic rings. The van der Waals surface area contributed by atoms with Gasteiger partial charge in [-0.1, -0.05) is 0 Å². The number of nitrogen functional groups attached to an aromatic ring is 1. The molecule has 1 aromatic rings. The molecule has 2 heterocycles. The number of carbonyl (C=O) groups excluding carboxylic acids is 1. The van der Waals surface area contributed by atoms with Crippen molar-refractivity contribution in [2.45, 2.75) is 26.4 Å². The van der Waals surface area contributed by atoms with E-state index in [2.05, 4.69) is 19.9 Å². The van der Waals surface area contributed by atoms with E-state index in [1.165, 1.54) is 0 Å². The molecule has 2 rings (SSSR count). The summed E-state index contributed by atoms with van der Waals surface area (Å²) in [6.07, 6.45) is 3.49. The Labute approximate surface area is 120 Å². The highest BCUT2D eigenvalue weighted by Crippen LogP contribution is 2.20. The summed E-state index contributed by atoms with van der Waals surface area (Å²) >= 11 is 0. The van der Waals surface area contributed by atoms with Crippen molar-refractivity contribution in [2.75, 3.05) is 36.8 Å². The molecule has 6 heteroatoms. The summed E-state index contributed by atoms with van der Waals surface area (Å²) in [5.74, 6) is 0. The molecule has 0 bridgehead atoms. The van der Waals surface area contributed by atoms with Crippen LogP contribution in [0.2, 0.25) is 0 Å². The number of anilines is 2. The molecule has 1 saturated heterocycles. The van der Waals surface area contributed by atoms with E-state index in [9.17, 15) is 4.79 Å². The van der Waals surface area contributed by atoms with E-state index in [4.69, 9.17) is 5.73 Å². The maximum Gasteiger partial charge on any atom is 0.293 e. The summed E-state index contributed by atoms with van der Waals surface area (Å²) in [7, 11) is 0. The molecule has 0 amide bonds. The zero-order valence-corrected chi connectivity index (χ0v) is 12.4. The van der Waals surface area contributed by atoms with E-state index in [0.717, 1.165) is 37.6 Å². The molecule has 0 saturated carbocycles. The van der Waals surface area contributed by atoms with Crippen LogP contribution in [0.1, 0.15) is 20.8 Å². The first-order valence-electron chi connectivity index (χ1n) is 6.70. The predicted octanol–water partition coefficient (Wildman–Crippen LogP) is 1.03. The van der Waals surface area contributed by atoms with E-state index >= 15 is 0 Å². The van der Waals surface area contributed by atoms with Crippen molar-refractivity contribution in [1.82, 2.24) is 10.3 Å². The molecule has 0 unspecified atom stereocenters. The van der Waals surface area contributed by atoms with Crippen LogP contribution in [0, 0.1) is 0 Å². The first kappa shape index (κ1) is 16.2. The second-order valence-electron chi connectivity index (χ2n) is 5.50. The molecule has 20 heavy (non-hydrogen) atoms. The molecule has 1 aliphatic heterocycles. The third kappa shape index (κ3) is 5.88. The molecular weight excluding hydrogens is 256 g/mol. The summed E-state index contributed by atoms with van der Waals surface area (Å²) in [5, 5.41) is 3.31. The van der Waals surface area contributed by atoms with Crippen molar-refractivity contribution in [3.05, 3.63) is 18.5 Å². The van der Waals surface area contributed by atoms with Crippen LogP contribution in [-0.2, 0) is 9.53 Å². The molecule has 112 valence electrons. The molecule has 0 atom stereocenters. The average molecular weight is 280 g/mol. The quantitative estimate of drug-likeness (QED) is 0.788. The second kappa shape index (κ2) is 7.69. The number of nitrogens with one attached hydrogen (secondary N) is 1. The van der Waals surface area contributed by atoms with Gasteiger partial charge in [0.15, 0.2) is 0 Å². The van der Waals surface area contributed by atoms with Crippen molar-refractivity contribution >= 4 is 17.8 Å². The van der Waals surface area contributed by atoms with Gasteiger partial charge in [0.2, 0.25) is 0 Å². The van der Waals surface area contributed by atoms with Crippen molar-refractivity contribution in [3.8, 4) is 0 Å². The van der Waals surface area contributed by atoms with Crippen LogP contribution in [-0.4, -0.2) is 43.2 Å². The third-order valence-electron chi connectivity index (χ3n) is 2.69. The van der Waals surface area contributed by atoms with E-state index in [0.29, 0.717) is 6.47 Å². The van der Waals surface area contributed by atoms with Crippen molar-refractivity contribution in [2.24, 2.45) is 0 Å². The lowest BCUT2D eigenvalue weighted by Gasteiger charge is -2.30. The Balaban J connectivity index is 0.000000246. The van der Waals surface area contributed by atoms with Gasteiger partial charge in [-0.05, 0) is 26.8 Å². The monoisotopic (exact) mass is 280 g/mol. The Morgan fingerprint density at radius 3 is 2.50 bits per heavy atom. The summed E-state index contributed by atoms with van der Waals surface area (Å²) in [6.45, 7) is 10.0. The summed E-state index contributed by atoms with van der Waals surface area (Å²) < 4.78 is 4.55. The van der Waals surface area contributed by atoms with Crippen LogP contribution < -0.4 is 16.0 Å². The maximum atomic E-state index is 9.60. The fourth-order valence-corrected chi connectivity index (χ4v) is 1.74. The highest BCUT2D eigenvalue weighted by Gasteiger charge is 2.12. The zero-order chi connectivity index (χ0) is 15.0. The van der Waals surface area contributed by atoms with Gasteiger partial charge in [-0.2, -0.15) is 0 Å². The number of carbonyl (C=O) groups is 1. The third-order valence-corrected chi connectivity index (χ3v) is 2.69. The topological polar surface area (TPSA) is 80.5 Å². The number of piperazine rings is 1. The minimum Gasteiger partial charge on any atom is -0.462 e. The molecular formula is C14H24N4O2. The zero-order valence-electron chi connectivity index (χ0n) is 12.4. The highest BCUT2D eigenvalue weighted by atomic mass is 16.5. The normalized spacial score (nSPS) is 15.1. The first-order chi connectivity index (χ1) is 9.44. The van der Waals surface area contributed by atoms with E-state index in [-0.39, 0.29) is 5.60 Å². The number of nitrogens with two attached hydrogens (primary N) is 1. The number of pyridine rings is 1. The van der Waals surface area contributed by atoms with Crippen molar-refractivity contribution in [1.29, 1.82) is 0 Å². The van der Waals surface area contributed by atoms with Crippen LogP contribution in [0.3, 0.4) is 0 Å². The van der Waals surface area contributed by atoms with Crippen LogP contribution in [0.4, 0.5) is 11.4 Å². The molecule has 3 N–H and O–H groups in total. The molecule has 1 fully saturated rings. The lowest BCUT2D eigenvalue weighted by Crippen LogP contribution is -2.43. The Hall–Kier alpha value is -1.82. The Morgan fingerprint density at radius 2 is 2.05 bits per heavy atom. The van der Waals surface area contributed by atoms with Gasteiger partial charge in [-0.3, -0.25) is 9.78 Å². The fourth-order valence-electron chi connectivity index (χ4n) is 1.74. The SMILES string of the molecule is CC(C)(C)OC=O.Nc1cnccc1N1CCNCC1. The molecule has 0 spiro atoms. The minimum atomic E-state index is -0.318. The number of rotatable bonds is 2. The minimum absolute atomic E-state index is 0.318. The first-order valence-corrected chi connectivity index (χ1v) is 6.70. The van der Waals surface area contributed by atoms with Gasteiger partial charge in [0.25, 0.3) is 6.47 Å². The van der Waals surface area contributed by atoms with Crippen LogP contribution >= 0.6 is 0 Å². The second-order valence-corrected chi connectivity index (χ2v) is 5.50. The van der Waals surface area contributed by atoms with Crippen LogP contribution in [0.25, 0.3) is 0 Å². The van der Waals surface area contributed by atoms with Gasteiger partial charge in [-0.25, -0.2) is 0 Å². The lowest BCUT2D eigenvalue weighted by molar-refractivity contribution is -0.138. The van der Waals surface area contributed by atoms with E-state index in [1.807, 2.05) is 26.8 Å². The lowest BCUT2D eigenvalue weighted by atomic mass is 10.2. The van der Waals surface area contributed by atoms with Gasteiger partial charge < -0.3 is 20.7 Å². The van der Waals surface area contributed by atoms with Gasteiger partial charge in [0, 0.05) is 32.4 Å². The van der Waals surface area contributed by atoms with Crippen LogP contribution in [0.5, 0.6) is 0 Å². The molecule has 0 aliphatic carbocycles. The number of aromatic nitrogens is 1. The Morgan fingerprint density at radius 1 is 1.40 bits per heavy atom. The summed E-state index contributed by atoms with van der Waals surface area (Å²) in [6, 6.07) is 1.97. The number of nitrogens with zero attached hydrogens (tertiary/aromatic N) is 2. The molecule has 6 nitrogen and oxygen atoms in total. The number of hydrogen-bond acceptors (Lipinski definition) is 6. The van der Waals surface area contributed by atoms with Gasteiger partial charge in [0.05, 0.1) is 17.6 Å². The maximum absolute atomic E-state index is 9.60. The molecule has 0 aromatic carbocycles. The Kier molecular flexibility index (Phi) is 6.24. The standard InChI is InChI=1S/C9H14N4.C5H10O2/c10-8-7-12-2-1-9(8)13-5-3-11-4-6-13;1-5(2,3)7-4-6/h1-2,7,11H,3-6,10H2;4H,1-3H3. The highest BCUT2D eigenvalue weighted by molar-refractivity contribution is 5.66. The van der Waals surface area contributed by atoms with E-state index < -0.39 is 0 Å². The largest absolute Gasteiger partial charge is 0.462 e. The Bertz CT molecular complexity index is 412. The molecule has 0 radical (unpaired) electrons. The smallest absolute Gasteiger partial charge is 0.293 e. The van der Waals surface area contributed by atoms with Crippen molar-refractivity contribution < 1.29 is 9.53 Å². The predicted molar refractivity (Wildman–Crippen MR) is 80.6 cm³/mol. The van der Waals surface area contributed by atoms with Gasteiger partial charge >= 0.3 is 0 Å². The number of hydrogen-bond donors (Lipinski definition) is 2. The van der Waals surface area contributed by atoms with Crippen molar-refractivity contribution in [3.63, 3.8) is 0 Å². The van der Waals surface area contributed by atoms with Gasteiger partial charge in [-0.15, -0.1) is 0 Å². The number of ether oxygens (including phenoxy) is 1. The summed E-state index contributed by atoms with van der Waals surface area (Å²) in [4.78, 5) is 15.9. The summed E-state index contributed by atoms with van der Waals surface area (Å²) in [5.41, 5.74) is 7.38.